The fourth-order valence-corrected chi connectivity index (χ4v) is 1.91. The molecule has 0 radical (unpaired) electrons. The summed E-state index contributed by atoms with van der Waals surface area (Å²) >= 11 is 3.24. The summed E-state index contributed by atoms with van der Waals surface area (Å²) < 4.78 is 27.0. The van der Waals surface area contributed by atoms with Crippen LogP contribution >= 0.6 is 15.9 Å². The van der Waals surface area contributed by atoms with E-state index in [1.54, 1.807) is 0 Å². The van der Waals surface area contributed by atoms with Crippen molar-refractivity contribution in [1.29, 1.82) is 0 Å². The second-order valence-corrected chi connectivity index (χ2v) is 3.99. The number of rotatable bonds is 2. The number of hydrogen-bond acceptors (Lipinski definition) is 2. The minimum atomic E-state index is -0.530. The molecule has 0 amide bonds. The van der Waals surface area contributed by atoms with Gasteiger partial charge in [0.05, 0.1) is 10.2 Å². The molecule has 2 rings (SSSR count). The lowest BCUT2D eigenvalue weighted by atomic mass is 10.1. The Morgan fingerprint density at radius 1 is 1.38 bits per heavy atom. The molecule has 6 heteroatoms. The van der Waals surface area contributed by atoms with Gasteiger partial charge in [-0.2, -0.15) is 5.10 Å². The monoisotopic (exact) mass is 287 g/mol. The molecule has 3 nitrogen and oxygen atoms in total. The van der Waals surface area contributed by atoms with Crippen molar-refractivity contribution in [2.24, 2.45) is 5.73 Å². The number of halogens is 3. The summed E-state index contributed by atoms with van der Waals surface area (Å²) in [4.78, 5) is 0. The predicted molar refractivity (Wildman–Crippen MR) is 59.5 cm³/mol. The summed E-state index contributed by atoms with van der Waals surface area (Å²) in [7, 11) is 0. The number of benzene rings is 1. The lowest BCUT2D eigenvalue weighted by Gasteiger charge is -2.00. The van der Waals surface area contributed by atoms with Gasteiger partial charge in [-0.15, -0.1) is 0 Å². The standard InChI is InChI=1S/C10H8BrF2N3/c11-9-8(4-14)15-16-10(9)6-3-5(12)1-2-7(6)13/h1-3H,4,14H2,(H,15,16). The number of aromatic nitrogens is 2. The molecular formula is C10H8BrF2N3. The topological polar surface area (TPSA) is 54.7 Å². The summed E-state index contributed by atoms with van der Waals surface area (Å²) in [5, 5.41) is 6.56. The Bertz CT molecular complexity index is 525. The molecule has 1 heterocycles. The van der Waals surface area contributed by atoms with Crippen LogP contribution in [0.1, 0.15) is 5.69 Å². The summed E-state index contributed by atoms with van der Waals surface area (Å²) in [6.45, 7) is 0.241. The molecule has 0 spiro atoms. The van der Waals surface area contributed by atoms with Gasteiger partial charge in [-0.1, -0.05) is 0 Å². The Hall–Kier alpha value is -1.27. The van der Waals surface area contributed by atoms with Gasteiger partial charge in [0.1, 0.15) is 17.3 Å². The number of nitrogens with two attached hydrogens (primary N) is 1. The van der Waals surface area contributed by atoms with Crippen LogP contribution in [0.4, 0.5) is 8.78 Å². The van der Waals surface area contributed by atoms with Crippen molar-refractivity contribution in [2.45, 2.75) is 6.54 Å². The van der Waals surface area contributed by atoms with Crippen molar-refractivity contribution in [3.8, 4) is 11.3 Å². The SMILES string of the molecule is NCc1[nH]nc(-c2cc(F)ccc2F)c1Br. The van der Waals surface area contributed by atoms with Gasteiger partial charge in [-0.25, -0.2) is 8.78 Å². The van der Waals surface area contributed by atoms with E-state index >= 15 is 0 Å². The van der Waals surface area contributed by atoms with Crippen LogP contribution in [-0.2, 0) is 6.54 Å². The predicted octanol–water partition coefficient (Wildman–Crippen LogP) is 2.58. The third-order valence-corrected chi connectivity index (χ3v) is 3.02. The zero-order valence-electron chi connectivity index (χ0n) is 8.10. The zero-order valence-corrected chi connectivity index (χ0v) is 9.68. The van der Waals surface area contributed by atoms with Gasteiger partial charge >= 0.3 is 0 Å². The van der Waals surface area contributed by atoms with Crippen molar-refractivity contribution in [3.63, 3.8) is 0 Å². The molecule has 0 aliphatic heterocycles. The molecule has 0 saturated carbocycles. The van der Waals surface area contributed by atoms with Crippen LogP contribution in [0.2, 0.25) is 0 Å². The second-order valence-electron chi connectivity index (χ2n) is 3.19. The molecule has 3 N–H and O–H groups in total. The average Bonchev–Trinajstić information content (AvgIpc) is 2.63. The van der Waals surface area contributed by atoms with E-state index in [4.69, 9.17) is 5.73 Å². The minimum absolute atomic E-state index is 0.0998. The van der Waals surface area contributed by atoms with Gasteiger partial charge in [0.2, 0.25) is 0 Å². The maximum Gasteiger partial charge on any atom is 0.132 e. The molecule has 2 aromatic rings. The fourth-order valence-electron chi connectivity index (χ4n) is 1.36. The molecule has 0 bridgehead atoms. The van der Waals surface area contributed by atoms with Gasteiger partial charge in [-0.05, 0) is 34.1 Å². The smallest absolute Gasteiger partial charge is 0.132 e. The van der Waals surface area contributed by atoms with Crippen LogP contribution < -0.4 is 5.73 Å². The normalized spacial score (nSPS) is 10.8. The molecule has 1 aromatic heterocycles. The number of nitrogens with one attached hydrogen (secondary N) is 1. The fraction of sp³-hybridized carbons (Fsp3) is 0.100. The van der Waals surface area contributed by atoms with Gasteiger partial charge in [0, 0.05) is 12.1 Å². The number of aromatic amines is 1. The Kier molecular flexibility index (Phi) is 3.02. The highest BCUT2D eigenvalue weighted by atomic mass is 79.9. The second kappa shape index (κ2) is 4.31. The maximum atomic E-state index is 13.5. The first kappa shape index (κ1) is 11.2. The minimum Gasteiger partial charge on any atom is -0.325 e. The lowest BCUT2D eigenvalue weighted by Crippen LogP contribution is -1.96. The maximum absolute atomic E-state index is 13.5. The zero-order chi connectivity index (χ0) is 11.7. The first-order chi connectivity index (χ1) is 7.63. The quantitative estimate of drug-likeness (QED) is 0.892. The third kappa shape index (κ3) is 1.85. The van der Waals surface area contributed by atoms with Gasteiger partial charge in [0.15, 0.2) is 0 Å². The van der Waals surface area contributed by atoms with Gasteiger partial charge in [-0.3, -0.25) is 5.10 Å². The van der Waals surface area contributed by atoms with Crippen molar-refractivity contribution in [2.75, 3.05) is 0 Å². The van der Waals surface area contributed by atoms with E-state index in [0.29, 0.717) is 15.9 Å². The molecular weight excluding hydrogens is 280 g/mol. The molecule has 84 valence electrons. The van der Waals surface area contributed by atoms with E-state index in [0.717, 1.165) is 18.2 Å². The van der Waals surface area contributed by atoms with Crippen LogP contribution in [0.15, 0.2) is 22.7 Å². The highest BCUT2D eigenvalue weighted by Crippen LogP contribution is 2.30. The lowest BCUT2D eigenvalue weighted by molar-refractivity contribution is 0.602. The molecule has 0 atom stereocenters. The molecule has 1 aromatic carbocycles. The van der Waals surface area contributed by atoms with E-state index in [2.05, 4.69) is 26.1 Å². The highest BCUT2D eigenvalue weighted by Gasteiger charge is 2.15. The van der Waals surface area contributed by atoms with E-state index < -0.39 is 11.6 Å². The van der Waals surface area contributed by atoms with E-state index in [1.165, 1.54) is 0 Å². The Morgan fingerprint density at radius 3 is 2.75 bits per heavy atom. The Balaban J connectivity index is 2.58. The summed E-state index contributed by atoms with van der Waals surface area (Å²) in [6.07, 6.45) is 0. The Morgan fingerprint density at radius 2 is 2.12 bits per heavy atom. The van der Waals surface area contributed by atoms with Gasteiger partial charge < -0.3 is 5.73 Å². The summed E-state index contributed by atoms with van der Waals surface area (Å²) in [5.74, 6) is -1.04. The van der Waals surface area contributed by atoms with E-state index in [9.17, 15) is 8.78 Å². The van der Waals surface area contributed by atoms with Crippen molar-refractivity contribution in [3.05, 3.63) is 40.0 Å². The molecule has 0 aliphatic rings. The number of H-pyrrole nitrogens is 1. The van der Waals surface area contributed by atoms with Crippen LogP contribution in [0.3, 0.4) is 0 Å². The molecule has 0 saturated heterocycles. The van der Waals surface area contributed by atoms with Gasteiger partial charge in [0.25, 0.3) is 0 Å². The molecule has 16 heavy (non-hydrogen) atoms. The van der Waals surface area contributed by atoms with E-state index in [-0.39, 0.29) is 12.1 Å². The molecule has 0 unspecified atom stereocenters. The van der Waals surface area contributed by atoms with Crippen LogP contribution in [-0.4, -0.2) is 10.2 Å². The first-order valence-electron chi connectivity index (χ1n) is 4.51. The van der Waals surface area contributed by atoms with Crippen molar-refractivity contribution < 1.29 is 8.78 Å². The van der Waals surface area contributed by atoms with Crippen LogP contribution in [0.5, 0.6) is 0 Å². The van der Waals surface area contributed by atoms with Crippen LogP contribution in [0, 0.1) is 11.6 Å². The van der Waals surface area contributed by atoms with Crippen LogP contribution in [0.25, 0.3) is 11.3 Å². The van der Waals surface area contributed by atoms with Crippen molar-refractivity contribution in [1.82, 2.24) is 10.2 Å². The largest absolute Gasteiger partial charge is 0.325 e. The average molecular weight is 288 g/mol. The Labute approximate surface area is 98.8 Å². The third-order valence-electron chi connectivity index (χ3n) is 2.16. The van der Waals surface area contributed by atoms with Crippen molar-refractivity contribution >= 4 is 15.9 Å². The summed E-state index contributed by atoms with van der Waals surface area (Å²) in [6, 6.07) is 3.22. The number of nitrogens with zero attached hydrogens (tertiary/aromatic N) is 1. The number of hydrogen-bond donors (Lipinski definition) is 2. The highest BCUT2D eigenvalue weighted by molar-refractivity contribution is 9.10. The first-order valence-corrected chi connectivity index (χ1v) is 5.31. The molecule has 0 aliphatic carbocycles. The molecule has 0 fully saturated rings. The summed E-state index contributed by atoms with van der Waals surface area (Å²) in [5.41, 5.74) is 6.50. The van der Waals surface area contributed by atoms with E-state index in [1.807, 2.05) is 0 Å².